The summed E-state index contributed by atoms with van der Waals surface area (Å²) in [4.78, 5) is 12.3. The molecule has 0 bridgehead atoms. The molecule has 0 saturated heterocycles. The quantitative estimate of drug-likeness (QED) is 0.663. The van der Waals surface area contributed by atoms with Gasteiger partial charge >= 0.3 is 0 Å². The third-order valence-electron chi connectivity index (χ3n) is 3.74. The number of unbranched alkanes of at least 4 members (excludes halogenated alkanes) is 1. The highest BCUT2D eigenvalue weighted by Gasteiger charge is 2.37. The van der Waals surface area contributed by atoms with Crippen LogP contribution in [0.1, 0.15) is 35.7 Å². The zero-order valence-electron chi connectivity index (χ0n) is 14.9. The van der Waals surface area contributed by atoms with Gasteiger partial charge in [-0.05, 0) is 16.5 Å². The maximum Gasteiger partial charge on any atom is 0.297 e. The van der Waals surface area contributed by atoms with Crippen LogP contribution in [0, 0.1) is 0 Å². The van der Waals surface area contributed by atoms with Gasteiger partial charge in [0, 0.05) is 5.56 Å². The van der Waals surface area contributed by atoms with E-state index < -0.39 is 28.1 Å². The first-order valence-corrected chi connectivity index (χ1v) is 9.90. The maximum atomic E-state index is 12.3. The number of benzene rings is 2. The highest BCUT2D eigenvalue weighted by atomic mass is 32.2. The van der Waals surface area contributed by atoms with Crippen molar-refractivity contribution in [1.82, 2.24) is 0 Å². The predicted octanol–water partition coefficient (Wildman–Crippen LogP) is 2.77. The summed E-state index contributed by atoms with van der Waals surface area (Å²) in [6, 6.07) is 16.9. The fourth-order valence-corrected chi connectivity index (χ4v) is 2.89. The number of carbonyl (C=O) groups excluding carboxylic acids is 1. The average Bonchev–Trinajstić information content (AvgIpc) is 2.73. The van der Waals surface area contributed by atoms with Gasteiger partial charge in [-0.15, -0.1) is 0 Å². The van der Waals surface area contributed by atoms with Crippen molar-refractivity contribution in [3.05, 3.63) is 71.8 Å². The highest BCUT2D eigenvalue weighted by molar-refractivity contribution is 7.86. The van der Waals surface area contributed by atoms with Gasteiger partial charge in [0.25, 0.3) is 10.1 Å². The number of carbonyl (C=O) groups is 1. The molecular weight excluding hydrogens is 375 g/mol. The summed E-state index contributed by atoms with van der Waals surface area (Å²) in [7, 11) is -3.85. The number of aliphatic hydroxyl groups excluding tert-OH is 1. The van der Waals surface area contributed by atoms with E-state index in [0.717, 1.165) is 0 Å². The van der Waals surface area contributed by atoms with Crippen LogP contribution in [0.2, 0.25) is 0 Å². The Hall–Kier alpha value is -2.13. The summed E-state index contributed by atoms with van der Waals surface area (Å²) in [5, 5.41) is 19.8. The molecule has 0 amide bonds. The Balaban J connectivity index is 0.000000345. The van der Waals surface area contributed by atoms with Crippen LogP contribution in [0.3, 0.4) is 0 Å². The van der Waals surface area contributed by atoms with Crippen LogP contribution in [0.15, 0.2) is 60.7 Å². The first-order chi connectivity index (χ1) is 12.8. The molecule has 2 aromatic carbocycles. The van der Waals surface area contributed by atoms with Gasteiger partial charge in [-0.2, -0.15) is 8.42 Å². The predicted molar refractivity (Wildman–Crippen MR) is 99.1 cm³/mol. The fourth-order valence-electron chi connectivity index (χ4n) is 2.19. The summed E-state index contributed by atoms with van der Waals surface area (Å²) in [5.74, 6) is -0.739. The molecule has 2 N–H and O–H groups in total. The molecule has 0 aliphatic heterocycles. The Morgan fingerprint density at radius 2 is 1.59 bits per heavy atom. The second-order valence-corrected chi connectivity index (χ2v) is 7.41. The summed E-state index contributed by atoms with van der Waals surface area (Å²) in [5.41, 5.74) is -1.12. The van der Waals surface area contributed by atoms with Gasteiger partial charge in [-0.25, -0.2) is 0 Å². The molecule has 148 valence electrons. The first kappa shape index (κ1) is 22.9. The molecule has 0 aromatic heterocycles. The van der Waals surface area contributed by atoms with Crippen LogP contribution in [0.5, 0.6) is 0 Å². The molecule has 0 aliphatic carbocycles. The maximum absolute atomic E-state index is 12.3. The molecule has 1 atom stereocenters. The van der Waals surface area contributed by atoms with Crippen LogP contribution < -0.4 is 0 Å². The lowest BCUT2D eigenvalue weighted by Gasteiger charge is -2.24. The average molecular weight is 398 g/mol. The van der Waals surface area contributed by atoms with E-state index in [1.54, 1.807) is 60.7 Å². The van der Waals surface area contributed by atoms with E-state index in [1.807, 2.05) is 6.92 Å². The summed E-state index contributed by atoms with van der Waals surface area (Å²) in [6.07, 6.45) is 1.15. The van der Waals surface area contributed by atoms with Crippen LogP contribution in [-0.2, 0) is 20.1 Å². The number of hydrogen-bond acceptors (Lipinski definition) is 6. The van der Waals surface area contributed by atoms with E-state index in [1.165, 1.54) is 0 Å². The summed E-state index contributed by atoms with van der Waals surface area (Å²) < 4.78 is 34.0. The SMILES string of the molecule is CCCCS(=O)(=O)OF.O=C(c1ccccc1)C(O)(CO)c1ccccc1. The van der Waals surface area contributed by atoms with E-state index >= 15 is 0 Å². The van der Waals surface area contributed by atoms with Gasteiger partial charge in [0.1, 0.15) is 0 Å². The van der Waals surface area contributed by atoms with Gasteiger partial charge in [-0.3, -0.25) is 4.79 Å². The minimum Gasteiger partial charge on any atom is -0.393 e. The molecule has 27 heavy (non-hydrogen) atoms. The Morgan fingerprint density at radius 1 is 1.07 bits per heavy atom. The van der Waals surface area contributed by atoms with Crippen molar-refractivity contribution < 1.29 is 32.3 Å². The molecular formula is C19H23FO6S. The lowest BCUT2D eigenvalue weighted by Crippen LogP contribution is -2.39. The molecule has 0 heterocycles. The first-order valence-electron chi connectivity index (χ1n) is 8.32. The number of halogens is 1. The van der Waals surface area contributed by atoms with Gasteiger partial charge in [-0.1, -0.05) is 78.4 Å². The molecule has 1 unspecified atom stereocenters. The Kier molecular flexibility index (Phi) is 9.23. The molecule has 6 nitrogen and oxygen atoms in total. The Morgan fingerprint density at radius 3 is 2.04 bits per heavy atom. The van der Waals surface area contributed by atoms with Crippen molar-refractivity contribution in [2.45, 2.75) is 25.4 Å². The topological polar surface area (TPSA) is 101 Å². The highest BCUT2D eigenvalue weighted by Crippen LogP contribution is 2.25. The van der Waals surface area contributed by atoms with Crippen molar-refractivity contribution in [2.75, 3.05) is 12.4 Å². The van der Waals surface area contributed by atoms with Gasteiger partial charge in [0.2, 0.25) is 5.78 Å². The van der Waals surface area contributed by atoms with Crippen LogP contribution >= 0.6 is 0 Å². The monoisotopic (exact) mass is 398 g/mol. The van der Waals surface area contributed by atoms with E-state index in [9.17, 15) is 28.0 Å². The largest absolute Gasteiger partial charge is 0.393 e. The van der Waals surface area contributed by atoms with Crippen molar-refractivity contribution in [3.63, 3.8) is 0 Å². The minimum absolute atomic E-state index is 0.236. The van der Waals surface area contributed by atoms with E-state index in [0.29, 0.717) is 24.0 Å². The van der Waals surface area contributed by atoms with Crippen molar-refractivity contribution in [1.29, 1.82) is 0 Å². The zero-order chi connectivity index (χ0) is 20.3. The molecule has 0 spiro atoms. The second-order valence-electron chi connectivity index (χ2n) is 5.76. The molecule has 0 fully saturated rings. The summed E-state index contributed by atoms with van der Waals surface area (Å²) >= 11 is 0. The normalized spacial score (nSPS) is 13.2. The zero-order valence-corrected chi connectivity index (χ0v) is 15.7. The van der Waals surface area contributed by atoms with Crippen molar-refractivity contribution in [3.8, 4) is 0 Å². The number of hydrogen-bond donors (Lipinski definition) is 2. The van der Waals surface area contributed by atoms with E-state index in [-0.39, 0.29) is 5.75 Å². The molecule has 0 radical (unpaired) electrons. The number of rotatable bonds is 8. The van der Waals surface area contributed by atoms with E-state index in [4.69, 9.17) is 0 Å². The standard InChI is InChI=1S/C15H14O3.C4H9FO3S/c16-11-15(18,13-9-5-2-6-10-13)14(17)12-7-3-1-4-8-12;1-2-3-4-9(6,7)8-5/h1-10,16,18H,11H2;2-4H2,1H3. The second kappa shape index (κ2) is 10.9. The van der Waals surface area contributed by atoms with Crippen molar-refractivity contribution >= 4 is 15.9 Å². The number of aliphatic hydroxyl groups is 2. The van der Waals surface area contributed by atoms with Gasteiger partial charge < -0.3 is 10.2 Å². The van der Waals surface area contributed by atoms with Crippen LogP contribution in [0.25, 0.3) is 0 Å². The minimum atomic E-state index is -3.85. The fraction of sp³-hybridized carbons (Fsp3) is 0.316. The molecule has 2 rings (SSSR count). The molecule has 0 saturated carbocycles. The Bertz CT molecular complexity index is 795. The molecule has 2 aromatic rings. The van der Waals surface area contributed by atoms with Gasteiger partial charge in [0.05, 0.1) is 12.4 Å². The third kappa shape index (κ3) is 6.84. The van der Waals surface area contributed by atoms with Gasteiger partial charge in [0.15, 0.2) is 5.60 Å². The smallest absolute Gasteiger partial charge is 0.297 e. The van der Waals surface area contributed by atoms with Crippen LogP contribution in [-0.4, -0.2) is 36.8 Å². The number of Topliss-reactive ketones (excluding diaryl/α,β-unsaturated/α-hetero) is 1. The third-order valence-corrected chi connectivity index (χ3v) is 4.72. The van der Waals surface area contributed by atoms with Crippen molar-refractivity contribution in [2.24, 2.45) is 0 Å². The van der Waals surface area contributed by atoms with Crippen LogP contribution in [0.4, 0.5) is 4.53 Å². The lowest BCUT2D eigenvalue weighted by molar-refractivity contribution is -0.00399. The number of ketones is 1. The Labute approximate surface area is 158 Å². The van der Waals surface area contributed by atoms with E-state index in [2.05, 4.69) is 4.39 Å². The lowest BCUT2D eigenvalue weighted by atomic mass is 9.87. The molecule has 8 heteroatoms. The molecule has 0 aliphatic rings. The summed E-state index contributed by atoms with van der Waals surface area (Å²) in [6.45, 7) is 1.17.